The minimum absolute atomic E-state index is 0.244. The van der Waals surface area contributed by atoms with Gasteiger partial charge in [-0.2, -0.15) is 0 Å². The van der Waals surface area contributed by atoms with Gasteiger partial charge in [0.05, 0.1) is 6.54 Å². The summed E-state index contributed by atoms with van der Waals surface area (Å²) >= 11 is 5.99. The van der Waals surface area contributed by atoms with Crippen LogP contribution in [0, 0.1) is 0 Å². The molecule has 2 heterocycles. The van der Waals surface area contributed by atoms with Gasteiger partial charge in [-0.25, -0.2) is 0 Å². The lowest BCUT2D eigenvalue weighted by molar-refractivity contribution is 0.778. The zero-order valence-electron chi connectivity index (χ0n) is 9.18. The molecular weight excluding hydrogens is 232 g/mol. The molecule has 2 aromatic rings. The molecule has 84 valence electrons. The van der Waals surface area contributed by atoms with E-state index in [0.29, 0.717) is 0 Å². The highest BCUT2D eigenvalue weighted by Crippen LogP contribution is 2.30. The van der Waals surface area contributed by atoms with Crippen molar-refractivity contribution >= 4 is 17.8 Å². The van der Waals surface area contributed by atoms with E-state index in [1.54, 1.807) is 0 Å². The van der Waals surface area contributed by atoms with E-state index in [1.165, 1.54) is 5.56 Å². The minimum atomic E-state index is 0.244. The Labute approximate surface area is 105 Å². The Morgan fingerprint density at radius 2 is 2.12 bits per heavy atom. The van der Waals surface area contributed by atoms with E-state index in [0.717, 1.165) is 22.8 Å². The topological polar surface area (TPSA) is 25.2 Å². The second kappa shape index (κ2) is 4.30. The summed E-state index contributed by atoms with van der Waals surface area (Å²) in [6.45, 7) is 0.756. The first-order chi connectivity index (χ1) is 8.34. The quantitative estimate of drug-likeness (QED) is 0.753. The van der Waals surface area contributed by atoms with Crippen LogP contribution in [0.5, 0.6) is 0 Å². The Morgan fingerprint density at radius 1 is 1.18 bits per heavy atom. The Balaban J connectivity index is 2.09. The first-order valence-corrected chi connectivity index (χ1v) is 5.92. The van der Waals surface area contributed by atoms with Crippen molar-refractivity contribution in [2.45, 2.75) is 5.92 Å². The maximum atomic E-state index is 5.99. The van der Waals surface area contributed by atoms with Gasteiger partial charge in [-0.1, -0.05) is 23.7 Å². The Hall–Kier alpha value is -1.67. The van der Waals surface area contributed by atoms with Crippen LogP contribution in [0.3, 0.4) is 0 Å². The van der Waals surface area contributed by atoms with Crippen LogP contribution in [0.25, 0.3) is 0 Å². The number of nitrogens with zero attached hydrogens (tertiary/aromatic N) is 2. The van der Waals surface area contributed by atoms with Crippen molar-refractivity contribution < 1.29 is 0 Å². The predicted octanol–water partition coefficient (Wildman–Crippen LogP) is 3.30. The maximum Gasteiger partial charge on any atom is 0.0514 e. The molecule has 0 spiro atoms. The normalized spacial score (nSPS) is 17.8. The molecule has 1 unspecified atom stereocenters. The van der Waals surface area contributed by atoms with Crippen molar-refractivity contribution in [2.24, 2.45) is 4.99 Å². The Morgan fingerprint density at radius 3 is 2.94 bits per heavy atom. The fourth-order valence-corrected chi connectivity index (χ4v) is 2.35. The van der Waals surface area contributed by atoms with E-state index in [4.69, 9.17) is 11.6 Å². The average molecular weight is 243 g/mol. The van der Waals surface area contributed by atoms with Crippen LogP contribution in [0.1, 0.15) is 22.7 Å². The molecule has 0 aliphatic carbocycles. The lowest BCUT2D eigenvalue weighted by Crippen LogP contribution is -2.13. The highest BCUT2D eigenvalue weighted by atomic mass is 35.5. The van der Waals surface area contributed by atoms with Crippen molar-refractivity contribution in [3.63, 3.8) is 0 Å². The molecule has 0 amide bonds. The zero-order valence-corrected chi connectivity index (χ0v) is 9.93. The number of hydrogen-bond donors (Lipinski definition) is 0. The molecule has 1 aliphatic heterocycles. The fourth-order valence-electron chi connectivity index (χ4n) is 2.16. The van der Waals surface area contributed by atoms with Crippen LogP contribution in [0.4, 0.5) is 0 Å². The standard InChI is InChI=1S/C14H11ClN2/c15-11-4-5-12-10(7-11)8-16-9-13(12)14-3-1-2-6-17-14/h1-8,13H,9H2. The lowest BCUT2D eigenvalue weighted by Gasteiger charge is -2.20. The van der Waals surface area contributed by atoms with E-state index in [9.17, 15) is 0 Å². The molecule has 0 saturated carbocycles. The molecule has 3 rings (SSSR count). The lowest BCUT2D eigenvalue weighted by atomic mass is 9.89. The molecule has 1 aliphatic rings. The third-order valence-corrected chi connectivity index (χ3v) is 3.22. The second-order valence-electron chi connectivity index (χ2n) is 4.07. The third-order valence-electron chi connectivity index (χ3n) is 2.99. The van der Waals surface area contributed by atoms with Crippen LogP contribution in [-0.2, 0) is 0 Å². The monoisotopic (exact) mass is 242 g/mol. The molecule has 1 atom stereocenters. The molecule has 0 N–H and O–H groups in total. The van der Waals surface area contributed by atoms with Gasteiger partial charge in [-0.05, 0) is 35.4 Å². The van der Waals surface area contributed by atoms with Crippen molar-refractivity contribution in [2.75, 3.05) is 6.54 Å². The molecule has 2 nitrogen and oxygen atoms in total. The van der Waals surface area contributed by atoms with Crippen LogP contribution in [0.2, 0.25) is 5.02 Å². The van der Waals surface area contributed by atoms with Crippen LogP contribution < -0.4 is 0 Å². The Bertz CT molecular complexity index is 564. The van der Waals surface area contributed by atoms with E-state index in [2.05, 4.69) is 16.0 Å². The minimum Gasteiger partial charge on any atom is -0.291 e. The first kappa shape index (κ1) is 10.5. The summed E-state index contributed by atoms with van der Waals surface area (Å²) in [6.07, 6.45) is 3.71. The molecule has 17 heavy (non-hydrogen) atoms. The highest BCUT2D eigenvalue weighted by Gasteiger charge is 2.20. The van der Waals surface area contributed by atoms with E-state index in [1.807, 2.05) is 42.7 Å². The number of hydrogen-bond acceptors (Lipinski definition) is 2. The van der Waals surface area contributed by atoms with Gasteiger partial charge < -0.3 is 0 Å². The van der Waals surface area contributed by atoms with Gasteiger partial charge in [0.25, 0.3) is 0 Å². The van der Waals surface area contributed by atoms with Crippen molar-refractivity contribution in [3.8, 4) is 0 Å². The number of aliphatic imine (C=N–C) groups is 1. The van der Waals surface area contributed by atoms with Crippen molar-refractivity contribution in [3.05, 3.63) is 64.4 Å². The van der Waals surface area contributed by atoms with Crippen LogP contribution in [0.15, 0.2) is 47.6 Å². The molecule has 1 aromatic heterocycles. The van der Waals surface area contributed by atoms with Gasteiger partial charge in [0, 0.05) is 29.0 Å². The van der Waals surface area contributed by atoms with E-state index in [-0.39, 0.29) is 5.92 Å². The molecule has 0 saturated heterocycles. The molecular formula is C14H11ClN2. The van der Waals surface area contributed by atoms with Gasteiger partial charge in [0.1, 0.15) is 0 Å². The van der Waals surface area contributed by atoms with Crippen LogP contribution >= 0.6 is 11.6 Å². The zero-order chi connectivity index (χ0) is 11.7. The molecule has 0 radical (unpaired) electrons. The molecule has 1 aromatic carbocycles. The fraction of sp³-hybridized carbons (Fsp3) is 0.143. The molecule has 0 fully saturated rings. The number of benzene rings is 1. The summed E-state index contributed by atoms with van der Waals surface area (Å²) in [7, 11) is 0. The Kier molecular flexibility index (Phi) is 2.65. The number of pyridine rings is 1. The van der Waals surface area contributed by atoms with Crippen molar-refractivity contribution in [1.29, 1.82) is 0 Å². The van der Waals surface area contributed by atoms with Gasteiger partial charge in [0.2, 0.25) is 0 Å². The summed E-state index contributed by atoms with van der Waals surface area (Å²) in [4.78, 5) is 8.81. The van der Waals surface area contributed by atoms with Crippen molar-refractivity contribution in [1.82, 2.24) is 4.98 Å². The van der Waals surface area contributed by atoms with Crippen LogP contribution in [-0.4, -0.2) is 17.7 Å². The molecule has 3 heteroatoms. The van der Waals surface area contributed by atoms with Gasteiger partial charge in [-0.15, -0.1) is 0 Å². The smallest absolute Gasteiger partial charge is 0.0514 e. The summed E-state index contributed by atoms with van der Waals surface area (Å²) in [6, 6.07) is 11.9. The van der Waals surface area contributed by atoms with E-state index < -0.39 is 0 Å². The van der Waals surface area contributed by atoms with Gasteiger partial charge in [-0.3, -0.25) is 9.98 Å². The summed E-state index contributed by atoms with van der Waals surface area (Å²) in [5.41, 5.74) is 3.41. The summed E-state index contributed by atoms with van der Waals surface area (Å²) < 4.78 is 0. The average Bonchev–Trinajstić information content (AvgIpc) is 2.39. The predicted molar refractivity (Wildman–Crippen MR) is 70.0 cm³/mol. The van der Waals surface area contributed by atoms with E-state index >= 15 is 0 Å². The summed E-state index contributed by atoms with van der Waals surface area (Å²) in [5, 5.41) is 0.747. The number of aromatic nitrogens is 1. The molecule has 0 bridgehead atoms. The number of halogens is 1. The number of fused-ring (bicyclic) bond motifs is 1. The third kappa shape index (κ3) is 1.96. The van der Waals surface area contributed by atoms with Gasteiger partial charge in [0.15, 0.2) is 0 Å². The summed E-state index contributed by atoms with van der Waals surface area (Å²) in [5.74, 6) is 0.244. The largest absolute Gasteiger partial charge is 0.291 e. The maximum absolute atomic E-state index is 5.99. The first-order valence-electron chi connectivity index (χ1n) is 5.55. The SMILES string of the molecule is Clc1ccc2c(c1)C=NCC2c1ccccn1. The van der Waals surface area contributed by atoms with Gasteiger partial charge >= 0.3 is 0 Å². The highest BCUT2D eigenvalue weighted by molar-refractivity contribution is 6.30. The second-order valence-corrected chi connectivity index (χ2v) is 4.51. The number of rotatable bonds is 1.